The van der Waals surface area contributed by atoms with E-state index in [1.807, 2.05) is 0 Å². The highest BCUT2D eigenvalue weighted by Gasteiger charge is 2.23. The predicted molar refractivity (Wildman–Crippen MR) is 93.8 cm³/mol. The van der Waals surface area contributed by atoms with Gasteiger partial charge < -0.3 is 5.73 Å². The average Bonchev–Trinajstić information content (AvgIpc) is 3.03. The molecule has 1 aromatic heterocycles. The summed E-state index contributed by atoms with van der Waals surface area (Å²) >= 11 is 1.63. The lowest BCUT2D eigenvalue weighted by Gasteiger charge is -2.35. The Morgan fingerprint density at radius 1 is 1.22 bits per heavy atom. The topological polar surface area (TPSA) is 42.2 Å². The van der Waals surface area contributed by atoms with Crippen LogP contribution in [0.4, 0.5) is 4.39 Å². The molecule has 0 atom stereocenters. The van der Waals surface area contributed by atoms with Crippen molar-refractivity contribution in [3.8, 4) is 10.6 Å². The van der Waals surface area contributed by atoms with Crippen molar-refractivity contribution in [3.05, 3.63) is 41.2 Å². The number of nitrogens with two attached hydrogens (primary N) is 1. The fourth-order valence-corrected chi connectivity index (χ4v) is 4.10. The summed E-state index contributed by atoms with van der Waals surface area (Å²) < 4.78 is 13.0. The van der Waals surface area contributed by atoms with Crippen molar-refractivity contribution in [1.29, 1.82) is 0 Å². The highest BCUT2D eigenvalue weighted by molar-refractivity contribution is 7.13. The molecule has 1 heterocycles. The van der Waals surface area contributed by atoms with Gasteiger partial charge in [-0.3, -0.25) is 4.90 Å². The fraction of sp³-hybridized carbons (Fsp3) is 0.500. The summed E-state index contributed by atoms with van der Waals surface area (Å²) in [5, 5.41) is 3.08. The van der Waals surface area contributed by atoms with Gasteiger partial charge in [0.2, 0.25) is 0 Å². The standard InChI is InChI=1S/C18H24FN3S/c1-2-22(17-9-7-15(20)8-10-17)11-16-12-23-18(21-16)13-3-5-14(19)6-4-13/h3-6,12,15,17H,2,7-11,20H2,1H3. The summed E-state index contributed by atoms with van der Waals surface area (Å²) in [5.41, 5.74) is 8.10. The van der Waals surface area contributed by atoms with Gasteiger partial charge in [-0.15, -0.1) is 11.3 Å². The summed E-state index contributed by atoms with van der Waals surface area (Å²) in [4.78, 5) is 7.25. The van der Waals surface area contributed by atoms with Crippen LogP contribution < -0.4 is 5.73 Å². The lowest BCUT2D eigenvalue weighted by atomic mass is 9.90. The van der Waals surface area contributed by atoms with Gasteiger partial charge >= 0.3 is 0 Å². The maximum absolute atomic E-state index is 13.0. The van der Waals surface area contributed by atoms with Gasteiger partial charge in [0.1, 0.15) is 10.8 Å². The highest BCUT2D eigenvalue weighted by Crippen LogP contribution is 2.27. The number of hydrogen-bond acceptors (Lipinski definition) is 4. The molecular formula is C18H24FN3S. The predicted octanol–water partition coefficient (Wildman–Crippen LogP) is 4.04. The molecule has 0 radical (unpaired) electrons. The van der Waals surface area contributed by atoms with E-state index in [1.54, 1.807) is 23.5 Å². The van der Waals surface area contributed by atoms with Gasteiger partial charge in [-0.25, -0.2) is 9.37 Å². The zero-order valence-corrected chi connectivity index (χ0v) is 14.4. The molecular weight excluding hydrogens is 309 g/mol. The van der Waals surface area contributed by atoms with Gasteiger partial charge in [0, 0.05) is 29.6 Å². The van der Waals surface area contributed by atoms with Crippen molar-refractivity contribution >= 4 is 11.3 Å². The molecule has 124 valence electrons. The first-order valence-corrected chi connectivity index (χ1v) is 9.23. The van der Waals surface area contributed by atoms with Crippen LogP contribution in [0, 0.1) is 5.82 Å². The molecule has 1 aliphatic rings. The van der Waals surface area contributed by atoms with E-state index in [1.165, 1.54) is 25.0 Å². The minimum absolute atomic E-state index is 0.210. The van der Waals surface area contributed by atoms with Gasteiger partial charge in [-0.1, -0.05) is 6.92 Å². The molecule has 23 heavy (non-hydrogen) atoms. The normalized spacial score (nSPS) is 21.7. The summed E-state index contributed by atoms with van der Waals surface area (Å²) in [6, 6.07) is 7.56. The van der Waals surface area contributed by atoms with Gasteiger partial charge in [0.05, 0.1) is 5.69 Å². The van der Waals surface area contributed by atoms with E-state index >= 15 is 0 Å². The first kappa shape index (κ1) is 16.6. The Morgan fingerprint density at radius 2 is 1.91 bits per heavy atom. The molecule has 2 aromatic rings. The summed E-state index contributed by atoms with van der Waals surface area (Å²) in [6.07, 6.45) is 4.62. The molecule has 0 spiro atoms. The van der Waals surface area contributed by atoms with Gasteiger partial charge in [0.15, 0.2) is 0 Å². The van der Waals surface area contributed by atoms with E-state index < -0.39 is 0 Å². The van der Waals surface area contributed by atoms with E-state index in [2.05, 4.69) is 17.2 Å². The van der Waals surface area contributed by atoms with Crippen molar-refractivity contribution in [2.24, 2.45) is 5.73 Å². The van der Waals surface area contributed by atoms with Crippen LogP contribution >= 0.6 is 11.3 Å². The molecule has 3 rings (SSSR count). The second-order valence-corrected chi connectivity index (χ2v) is 7.14. The molecule has 3 nitrogen and oxygen atoms in total. The van der Waals surface area contributed by atoms with Gasteiger partial charge in [0.25, 0.3) is 0 Å². The van der Waals surface area contributed by atoms with Crippen LogP contribution in [0.25, 0.3) is 10.6 Å². The van der Waals surface area contributed by atoms with Crippen LogP contribution in [-0.4, -0.2) is 28.5 Å². The van der Waals surface area contributed by atoms with Crippen molar-refractivity contribution in [2.45, 2.75) is 51.2 Å². The Bertz CT molecular complexity index is 617. The summed E-state index contributed by atoms with van der Waals surface area (Å²) in [6.45, 7) is 4.12. The molecule has 2 N–H and O–H groups in total. The minimum atomic E-state index is -0.210. The Hall–Kier alpha value is -1.30. The number of aromatic nitrogens is 1. The van der Waals surface area contributed by atoms with E-state index in [4.69, 9.17) is 10.7 Å². The van der Waals surface area contributed by atoms with Crippen LogP contribution in [0.15, 0.2) is 29.6 Å². The SMILES string of the molecule is CCN(Cc1csc(-c2ccc(F)cc2)n1)C1CCC(N)CC1. The summed E-state index contributed by atoms with van der Waals surface area (Å²) in [5.74, 6) is -0.210. The molecule has 1 aliphatic carbocycles. The first-order chi connectivity index (χ1) is 11.2. The Morgan fingerprint density at radius 3 is 2.57 bits per heavy atom. The van der Waals surface area contributed by atoms with Crippen molar-refractivity contribution < 1.29 is 4.39 Å². The van der Waals surface area contributed by atoms with Crippen LogP contribution in [0.5, 0.6) is 0 Å². The molecule has 0 amide bonds. The molecule has 0 bridgehead atoms. The van der Waals surface area contributed by atoms with Crippen LogP contribution in [0.2, 0.25) is 0 Å². The number of hydrogen-bond donors (Lipinski definition) is 1. The molecule has 0 unspecified atom stereocenters. The van der Waals surface area contributed by atoms with Crippen molar-refractivity contribution in [3.63, 3.8) is 0 Å². The zero-order chi connectivity index (χ0) is 16.2. The average molecular weight is 333 g/mol. The number of thiazole rings is 1. The van der Waals surface area contributed by atoms with Crippen molar-refractivity contribution in [2.75, 3.05) is 6.54 Å². The largest absolute Gasteiger partial charge is 0.328 e. The first-order valence-electron chi connectivity index (χ1n) is 8.35. The second kappa shape index (κ2) is 7.51. The lowest BCUT2D eigenvalue weighted by molar-refractivity contribution is 0.148. The fourth-order valence-electron chi connectivity index (χ4n) is 3.28. The number of nitrogens with zero attached hydrogens (tertiary/aromatic N) is 2. The third-order valence-electron chi connectivity index (χ3n) is 4.67. The highest BCUT2D eigenvalue weighted by atomic mass is 32.1. The Labute approximate surface area is 141 Å². The summed E-state index contributed by atoms with van der Waals surface area (Å²) in [7, 11) is 0. The second-order valence-electron chi connectivity index (χ2n) is 6.28. The lowest BCUT2D eigenvalue weighted by Crippen LogP contribution is -2.40. The monoisotopic (exact) mass is 333 g/mol. The molecule has 1 saturated carbocycles. The van der Waals surface area contributed by atoms with Crippen LogP contribution in [0.1, 0.15) is 38.3 Å². The van der Waals surface area contributed by atoms with Crippen LogP contribution in [-0.2, 0) is 6.54 Å². The third kappa shape index (κ3) is 4.16. The van der Waals surface area contributed by atoms with E-state index in [0.717, 1.165) is 42.2 Å². The minimum Gasteiger partial charge on any atom is -0.328 e. The Balaban J connectivity index is 1.66. The molecule has 1 aromatic carbocycles. The maximum Gasteiger partial charge on any atom is 0.123 e. The molecule has 1 fully saturated rings. The van der Waals surface area contributed by atoms with Crippen molar-refractivity contribution in [1.82, 2.24) is 9.88 Å². The number of benzene rings is 1. The van der Waals surface area contributed by atoms with Gasteiger partial charge in [-0.05, 0) is 56.5 Å². The number of halogens is 1. The zero-order valence-electron chi connectivity index (χ0n) is 13.5. The third-order valence-corrected chi connectivity index (χ3v) is 5.61. The molecule has 0 saturated heterocycles. The van der Waals surface area contributed by atoms with E-state index in [9.17, 15) is 4.39 Å². The smallest absolute Gasteiger partial charge is 0.123 e. The molecule has 5 heteroatoms. The molecule has 0 aliphatic heterocycles. The van der Waals surface area contributed by atoms with E-state index in [-0.39, 0.29) is 5.82 Å². The number of rotatable bonds is 5. The quantitative estimate of drug-likeness (QED) is 0.898. The maximum atomic E-state index is 13.0. The van der Waals surface area contributed by atoms with E-state index in [0.29, 0.717) is 12.1 Å². The Kier molecular flexibility index (Phi) is 5.41. The van der Waals surface area contributed by atoms with Crippen LogP contribution in [0.3, 0.4) is 0 Å². The van der Waals surface area contributed by atoms with Gasteiger partial charge in [-0.2, -0.15) is 0 Å².